The van der Waals surface area contributed by atoms with Gasteiger partial charge in [0.1, 0.15) is 0 Å². The van der Waals surface area contributed by atoms with E-state index >= 15 is 0 Å². The second-order valence-corrected chi connectivity index (χ2v) is 7.34. The molecular formula is C30H23N. The molecule has 5 aromatic carbocycles. The second-order valence-electron chi connectivity index (χ2n) is 7.34. The van der Waals surface area contributed by atoms with Crippen LogP contribution in [0.2, 0.25) is 0 Å². The van der Waals surface area contributed by atoms with Crippen molar-refractivity contribution < 1.29 is 2.74 Å². The molecule has 0 amide bonds. The van der Waals surface area contributed by atoms with Gasteiger partial charge in [0.05, 0.1) is 2.74 Å². The fourth-order valence-electron chi connectivity index (χ4n) is 3.79. The molecule has 31 heavy (non-hydrogen) atoms. The summed E-state index contributed by atoms with van der Waals surface area (Å²) in [6.07, 6.45) is 0. The summed E-state index contributed by atoms with van der Waals surface area (Å²) in [6, 6.07) is 43.6. The Kier molecular flexibility index (Phi) is 4.69. The van der Waals surface area contributed by atoms with E-state index in [1.165, 1.54) is 0 Å². The monoisotopic (exact) mass is 401 g/mol. The first-order valence-electron chi connectivity index (χ1n) is 11.4. The van der Waals surface area contributed by atoms with Crippen molar-refractivity contribution >= 4 is 17.1 Å². The van der Waals surface area contributed by atoms with Crippen LogP contribution in [0.5, 0.6) is 0 Å². The van der Waals surface area contributed by atoms with Crippen LogP contribution in [0.3, 0.4) is 0 Å². The first-order valence-corrected chi connectivity index (χ1v) is 10.4. The van der Waals surface area contributed by atoms with Crippen LogP contribution in [-0.2, 0) is 0 Å². The number of anilines is 3. The van der Waals surface area contributed by atoms with Crippen LogP contribution in [0.4, 0.5) is 17.1 Å². The molecule has 0 atom stereocenters. The summed E-state index contributed by atoms with van der Waals surface area (Å²) < 4.78 is 15.5. The summed E-state index contributed by atoms with van der Waals surface area (Å²) >= 11 is 0. The van der Waals surface area contributed by atoms with Crippen molar-refractivity contribution in [3.8, 4) is 22.3 Å². The van der Waals surface area contributed by atoms with Crippen molar-refractivity contribution in [2.45, 2.75) is 0 Å². The zero-order chi connectivity index (χ0) is 22.6. The van der Waals surface area contributed by atoms with Gasteiger partial charge in [-0.25, -0.2) is 0 Å². The molecule has 0 saturated heterocycles. The lowest BCUT2D eigenvalue weighted by molar-refractivity contribution is 1.28. The summed E-state index contributed by atoms with van der Waals surface area (Å²) in [5, 5.41) is 0. The molecule has 0 spiro atoms. The number of para-hydroxylation sites is 2. The Labute approximate surface area is 186 Å². The van der Waals surface area contributed by atoms with Crippen molar-refractivity contribution in [1.82, 2.24) is 0 Å². The summed E-state index contributed by atoms with van der Waals surface area (Å²) in [7, 11) is 0. The van der Waals surface area contributed by atoms with Gasteiger partial charge in [-0.05, 0) is 58.7 Å². The maximum atomic E-state index is 7.82. The minimum Gasteiger partial charge on any atom is -0.311 e. The van der Waals surface area contributed by atoms with Crippen LogP contribution in [0.1, 0.15) is 2.74 Å². The van der Waals surface area contributed by atoms with Crippen LogP contribution >= 0.6 is 0 Å². The standard InChI is InChI=1S/C30H23N/c1-4-10-24(11-5-1)25-16-18-26(19-17-25)27-20-22-30(23-21-27)31(28-12-6-2-7-13-28)29-14-8-3-9-15-29/h1-23H/i1T,2T. The summed E-state index contributed by atoms with van der Waals surface area (Å²) in [5.74, 6) is 0. The number of benzene rings is 5. The van der Waals surface area contributed by atoms with E-state index in [0.29, 0.717) is 12.1 Å². The van der Waals surface area contributed by atoms with Gasteiger partial charge >= 0.3 is 0 Å². The van der Waals surface area contributed by atoms with Crippen LogP contribution in [0.25, 0.3) is 22.3 Å². The number of nitrogens with zero attached hydrogens (tertiary/aromatic N) is 1. The van der Waals surface area contributed by atoms with Crippen molar-refractivity contribution in [2.75, 3.05) is 4.90 Å². The van der Waals surface area contributed by atoms with Gasteiger partial charge in [-0.1, -0.05) is 103 Å². The third-order valence-electron chi connectivity index (χ3n) is 5.37. The van der Waals surface area contributed by atoms with Crippen LogP contribution in [-0.4, -0.2) is 0 Å². The van der Waals surface area contributed by atoms with Crippen molar-refractivity contribution in [1.29, 1.82) is 0 Å². The SMILES string of the molecule is [3H]c1ccc(-c2ccc(-c3ccc(N(c4ccccc4)c4ccc([3H])cc4)cc3)cc2)cc1. The Bertz CT molecular complexity index is 1330. The molecule has 0 bridgehead atoms. The molecule has 5 aromatic rings. The Morgan fingerprint density at radius 1 is 0.355 bits per heavy atom. The minimum atomic E-state index is 0.501. The highest BCUT2D eigenvalue weighted by Crippen LogP contribution is 2.35. The molecule has 1 heteroatoms. The lowest BCUT2D eigenvalue weighted by atomic mass is 10.00. The lowest BCUT2D eigenvalue weighted by Gasteiger charge is -2.25. The zero-order valence-corrected chi connectivity index (χ0v) is 17.1. The fourth-order valence-corrected chi connectivity index (χ4v) is 3.79. The maximum Gasteiger partial charge on any atom is 0.0623 e. The van der Waals surface area contributed by atoms with Gasteiger partial charge in [0.15, 0.2) is 0 Å². The minimum absolute atomic E-state index is 0.501. The molecule has 0 aliphatic heterocycles. The van der Waals surface area contributed by atoms with Gasteiger partial charge < -0.3 is 4.90 Å². The molecule has 0 heterocycles. The second kappa shape index (κ2) is 8.73. The van der Waals surface area contributed by atoms with Gasteiger partial charge in [-0.2, -0.15) is 0 Å². The van der Waals surface area contributed by atoms with Crippen LogP contribution in [0, 0.1) is 0 Å². The predicted octanol–water partition coefficient (Wildman–Crippen LogP) is 8.49. The molecule has 0 fully saturated rings. The van der Waals surface area contributed by atoms with Gasteiger partial charge in [-0.3, -0.25) is 0 Å². The molecular weight excluding hydrogens is 374 g/mol. The highest BCUT2D eigenvalue weighted by molar-refractivity contribution is 5.78. The van der Waals surface area contributed by atoms with Gasteiger partial charge in [0, 0.05) is 17.1 Å². The summed E-state index contributed by atoms with van der Waals surface area (Å²) in [4.78, 5) is 2.20. The highest BCUT2D eigenvalue weighted by atomic mass is 15.1. The van der Waals surface area contributed by atoms with Crippen molar-refractivity contribution in [2.24, 2.45) is 0 Å². The van der Waals surface area contributed by atoms with Crippen LogP contribution < -0.4 is 4.90 Å². The fraction of sp³-hybridized carbons (Fsp3) is 0. The molecule has 0 aliphatic rings. The Morgan fingerprint density at radius 2 is 0.710 bits per heavy atom. The molecule has 0 N–H and O–H groups in total. The van der Waals surface area contributed by atoms with Gasteiger partial charge in [-0.15, -0.1) is 0 Å². The van der Waals surface area contributed by atoms with E-state index in [1.807, 2.05) is 66.7 Å². The molecule has 1 nitrogen and oxygen atoms in total. The van der Waals surface area contributed by atoms with E-state index in [0.717, 1.165) is 39.3 Å². The number of rotatable bonds is 5. The smallest absolute Gasteiger partial charge is 0.0623 e. The first kappa shape index (κ1) is 16.7. The largest absolute Gasteiger partial charge is 0.311 e. The molecule has 148 valence electrons. The third kappa shape index (κ3) is 4.12. The third-order valence-corrected chi connectivity index (χ3v) is 5.37. The van der Waals surface area contributed by atoms with E-state index in [9.17, 15) is 0 Å². The molecule has 0 aromatic heterocycles. The topological polar surface area (TPSA) is 3.24 Å². The van der Waals surface area contributed by atoms with E-state index in [2.05, 4.69) is 65.6 Å². The molecule has 0 radical (unpaired) electrons. The first-order chi connectivity index (χ1) is 16.2. The van der Waals surface area contributed by atoms with Crippen molar-refractivity contribution in [3.63, 3.8) is 0 Å². The average Bonchev–Trinajstić information content (AvgIpc) is 2.87. The van der Waals surface area contributed by atoms with Crippen molar-refractivity contribution in [3.05, 3.63) is 139 Å². The van der Waals surface area contributed by atoms with E-state index in [4.69, 9.17) is 2.74 Å². The summed E-state index contributed by atoms with van der Waals surface area (Å²) in [5.41, 5.74) is 7.73. The van der Waals surface area contributed by atoms with Gasteiger partial charge in [0.25, 0.3) is 0 Å². The number of hydrogen-bond donors (Lipinski definition) is 0. The number of hydrogen-bond acceptors (Lipinski definition) is 1. The lowest BCUT2D eigenvalue weighted by Crippen LogP contribution is -2.09. The van der Waals surface area contributed by atoms with E-state index in [-0.39, 0.29) is 0 Å². The van der Waals surface area contributed by atoms with E-state index in [1.54, 1.807) is 0 Å². The quantitative estimate of drug-likeness (QED) is 0.285. The van der Waals surface area contributed by atoms with Crippen LogP contribution in [0.15, 0.2) is 139 Å². The van der Waals surface area contributed by atoms with E-state index < -0.39 is 0 Å². The molecule has 5 rings (SSSR count). The molecule has 0 unspecified atom stereocenters. The normalized spacial score (nSPS) is 11.5. The Morgan fingerprint density at radius 3 is 1.23 bits per heavy atom. The average molecular weight is 402 g/mol. The summed E-state index contributed by atoms with van der Waals surface area (Å²) in [6.45, 7) is 0. The zero-order valence-electron chi connectivity index (χ0n) is 19.1. The predicted molar refractivity (Wildman–Crippen MR) is 132 cm³/mol. The molecule has 0 saturated carbocycles. The Balaban J connectivity index is 1.45. The highest BCUT2D eigenvalue weighted by Gasteiger charge is 2.11. The molecule has 0 aliphatic carbocycles. The maximum absolute atomic E-state index is 7.82. The van der Waals surface area contributed by atoms with Gasteiger partial charge in [0.2, 0.25) is 0 Å². The Hall–Kier alpha value is -4.10.